The number of unbranched alkanes of at least 4 members (excludes halogenated alkanes) is 6. The number of aliphatic carboxylic acids is 2. The number of carboxylic acids is 2. The summed E-state index contributed by atoms with van der Waals surface area (Å²) in [6.07, 6.45) is 11.9. The van der Waals surface area contributed by atoms with Crippen molar-refractivity contribution in [2.45, 2.75) is 111 Å². The minimum atomic E-state index is -0.706. The van der Waals surface area contributed by atoms with Crippen LogP contribution in [-0.2, 0) is 9.59 Å². The Morgan fingerprint density at radius 2 is 1.36 bits per heavy atom. The SMILES string of the molecule is CCCCC(CC)(CC(C)(C)CCCCCCCCC(=O)O)C(=O)O. The van der Waals surface area contributed by atoms with E-state index in [0.29, 0.717) is 6.42 Å². The molecule has 1 unspecified atom stereocenters. The van der Waals surface area contributed by atoms with E-state index in [1.54, 1.807) is 0 Å². The maximum atomic E-state index is 11.9. The molecule has 0 amide bonds. The molecule has 0 saturated carbocycles. The van der Waals surface area contributed by atoms with E-state index in [4.69, 9.17) is 5.11 Å². The average molecular weight is 357 g/mol. The molecule has 0 saturated heterocycles. The van der Waals surface area contributed by atoms with Gasteiger partial charge in [-0.3, -0.25) is 9.59 Å². The Morgan fingerprint density at radius 3 is 1.84 bits per heavy atom. The van der Waals surface area contributed by atoms with Crippen LogP contribution in [0.2, 0.25) is 0 Å². The van der Waals surface area contributed by atoms with E-state index in [1.165, 1.54) is 0 Å². The van der Waals surface area contributed by atoms with Crippen molar-refractivity contribution < 1.29 is 19.8 Å². The minimum Gasteiger partial charge on any atom is -0.481 e. The molecule has 0 heterocycles. The highest BCUT2D eigenvalue weighted by Crippen LogP contribution is 2.43. The lowest BCUT2D eigenvalue weighted by atomic mass is 9.67. The lowest BCUT2D eigenvalue weighted by Crippen LogP contribution is -2.35. The zero-order chi connectivity index (χ0) is 19.3. The molecule has 0 aliphatic heterocycles. The molecule has 4 heteroatoms. The Labute approximate surface area is 154 Å². The first-order valence-corrected chi connectivity index (χ1v) is 10.1. The van der Waals surface area contributed by atoms with Crippen LogP contribution in [0.5, 0.6) is 0 Å². The number of carboxylic acid groups (broad SMARTS) is 2. The molecule has 1 atom stereocenters. The van der Waals surface area contributed by atoms with Gasteiger partial charge in [-0.1, -0.05) is 72.6 Å². The average Bonchev–Trinajstić information content (AvgIpc) is 2.53. The minimum absolute atomic E-state index is 0.0471. The van der Waals surface area contributed by atoms with Crippen LogP contribution < -0.4 is 0 Å². The highest BCUT2D eigenvalue weighted by molar-refractivity contribution is 5.74. The van der Waals surface area contributed by atoms with Gasteiger partial charge in [0.05, 0.1) is 5.41 Å². The number of rotatable bonds is 16. The molecule has 0 aliphatic rings. The third kappa shape index (κ3) is 10.5. The molecular weight excluding hydrogens is 316 g/mol. The quantitative estimate of drug-likeness (QED) is 0.319. The zero-order valence-corrected chi connectivity index (χ0v) is 16.9. The summed E-state index contributed by atoms with van der Waals surface area (Å²) in [6, 6.07) is 0. The van der Waals surface area contributed by atoms with Gasteiger partial charge in [0, 0.05) is 6.42 Å². The summed E-state index contributed by atoms with van der Waals surface area (Å²) in [4.78, 5) is 22.4. The van der Waals surface area contributed by atoms with Gasteiger partial charge in [0.25, 0.3) is 0 Å². The third-order valence-electron chi connectivity index (χ3n) is 5.45. The van der Waals surface area contributed by atoms with Gasteiger partial charge in [-0.2, -0.15) is 0 Å². The van der Waals surface area contributed by atoms with Crippen LogP contribution in [0, 0.1) is 10.8 Å². The predicted molar refractivity (Wildman–Crippen MR) is 103 cm³/mol. The van der Waals surface area contributed by atoms with Crippen molar-refractivity contribution in [2.75, 3.05) is 0 Å². The molecule has 148 valence electrons. The lowest BCUT2D eigenvalue weighted by molar-refractivity contribution is -0.152. The van der Waals surface area contributed by atoms with Gasteiger partial charge < -0.3 is 10.2 Å². The first kappa shape index (κ1) is 23.9. The molecule has 0 aromatic carbocycles. The van der Waals surface area contributed by atoms with Crippen LogP contribution in [0.15, 0.2) is 0 Å². The third-order valence-corrected chi connectivity index (χ3v) is 5.45. The van der Waals surface area contributed by atoms with Gasteiger partial charge in [0.2, 0.25) is 0 Å². The second-order valence-electron chi connectivity index (χ2n) is 8.40. The molecule has 2 N–H and O–H groups in total. The second kappa shape index (κ2) is 12.3. The van der Waals surface area contributed by atoms with E-state index < -0.39 is 17.4 Å². The molecular formula is C21H40O4. The molecule has 0 aromatic rings. The van der Waals surface area contributed by atoms with Gasteiger partial charge in [0.1, 0.15) is 0 Å². The summed E-state index contributed by atoms with van der Waals surface area (Å²) >= 11 is 0. The first-order valence-electron chi connectivity index (χ1n) is 10.1. The van der Waals surface area contributed by atoms with Gasteiger partial charge in [-0.05, 0) is 37.5 Å². The first-order chi connectivity index (χ1) is 11.7. The summed E-state index contributed by atoms with van der Waals surface area (Å²) in [5, 5.41) is 18.4. The Balaban J connectivity index is 4.23. The van der Waals surface area contributed by atoms with Crippen LogP contribution in [0.4, 0.5) is 0 Å². The largest absolute Gasteiger partial charge is 0.481 e. The monoisotopic (exact) mass is 356 g/mol. The summed E-state index contributed by atoms with van der Waals surface area (Å²) < 4.78 is 0. The molecule has 25 heavy (non-hydrogen) atoms. The van der Waals surface area contributed by atoms with Crippen molar-refractivity contribution in [3.05, 3.63) is 0 Å². The molecule has 0 spiro atoms. The van der Waals surface area contributed by atoms with Crippen LogP contribution in [0.25, 0.3) is 0 Å². The van der Waals surface area contributed by atoms with Crippen molar-refractivity contribution >= 4 is 11.9 Å². The fraction of sp³-hybridized carbons (Fsp3) is 0.905. The normalized spacial score (nSPS) is 14.2. The van der Waals surface area contributed by atoms with Gasteiger partial charge in [-0.15, -0.1) is 0 Å². The van der Waals surface area contributed by atoms with E-state index >= 15 is 0 Å². The highest BCUT2D eigenvalue weighted by Gasteiger charge is 2.40. The fourth-order valence-electron chi connectivity index (χ4n) is 3.83. The summed E-state index contributed by atoms with van der Waals surface area (Å²) in [6.45, 7) is 8.54. The number of carbonyl (C=O) groups is 2. The number of hydrogen-bond donors (Lipinski definition) is 2. The van der Waals surface area contributed by atoms with E-state index in [-0.39, 0.29) is 11.8 Å². The highest BCUT2D eigenvalue weighted by atomic mass is 16.4. The van der Waals surface area contributed by atoms with Gasteiger partial charge in [0.15, 0.2) is 0 Å². The molecule has 0 radical (unpaired) electrons. The van der Waals surface area contributed by atoms with Crippen LogP contribution >= 0.6 is 0 Å². The maximum absolute atomic E-state index is 11.9. The molecule has 4 nitrogen and oxygen atoms in total. The summed E-state index contributed by atoms with van der Waals surface area (Å²) in [5.74, 6) is -1.34. The molecule has 0 aromatic heterocycles. The Morgan fingerprint density at radius 1 is 0.800 bits per heavy atom. The van der Waals surface area contributed by atoms with Crippen LogP contribution in [0.3, 0.4) is 0 Å². The van der Waals surface area contributed by atoms with Crippen molar-refractivity contribution in [3.63, 3.8) is 0 Å². The van der Waals surface area contributed by atoms with E-state index in [1.807, 2.05) is 6.92 Å². The standard InChI is InChI=1S/C21H40O4/c1-5-7-16-21(6-2,19(24)25)17-20(3,4)15-13-11-9-8-10-12-14-18(22)23/h5-17H2,1-4H3,(H,22,23)(H,24,25). The summed E-state index contributed by atoms with van der Waals surface area (Å²) in [7, 11) is 0. The molecule has 0 bridgehead atoms. The van der Waals surface area contributed by atoms with E-state index in [9.17, 15) is 14.7 Å². The number of hydrogen-bond acceptors (Lipinski definition) is 2. The van der Waals surface area contributed by atoms with Crippen LogP contribution in [-0.4, -0.2) is 22.2 Å². The van der Waals surface area contributed by atoms with Crippen molar-refractivity contribution in [3.8, 4) is 0 Å². The topological polar surface area (TPSA) is 74.6 Å². The lowest BCUT2D eigenvalue weighted by Gasteiger charge is -2.37. The summed E-state index contributed by atoms with van der Waals surface area (Å²) in [5.41, 5.74) is -0.526. The zero-order valence-electron chi connectivity index (χ0n) is 16.9. The Kier molecular flexibility index (Phi) is 11.8. The Hall–Kier alpha value is -1.06. The predicted octanol–water partition coefficient (Wildman–Crippen LogP) is 6.28. The van der Waals surface area contributed by atoms with Crippen molar-refractivity contribution in [1.82, 2.24) is 0 Å². The molecule has 0 fully saturated rings. The maximum Gasteiger partial charge on any atom is 0.309 e. The molecule has 0 rings (SSSR count). The van der Waals surface area contributed by atoms with Crippen LogP contribution in [0.1, 0.15) is 111 Å². The smallest absolute Gasteiger partial charge is 0.309 e. The fourth-order valence-corrected chi connectivity index (χ4v) is 3.83. The van der Waals surface area contributed by atoms with Crippen molar-refractivity contribution in [1.29, 1.82) is 0 Å². The van der Waals surface area contributed by atoms with Gasteiger partial charge >= 0.3 is 11.9 Å². The molecule has 0 aliphatic carbocycles. The second-order valence-corrected chi connectivity index (χ2v) is 8.40. The van der Waals surface area contributed by atoms with E-state index in [2.05, 4.69) is 20.8 Å². The van der Waals surface area contributed by atoms with E-state index in [0.717, 1.165) is 70.6 Å². The van der Waals surface area contributed by atoms with Crippen molar-refractivity contribution in [2.24, 2.45) is 10.8 Å². The van der Waals surface area contributed by atoms with Gasteiger partial charge in [-0.25, -0.2) is 0 Å². The Bertz CT molecular complexity index is 389.